The van der Waals surface area contributed by atoms with Gasteiger partial charge in [-0.05, 0) is 43.2 Å². The summed E-state index contributed by atoms with van der Waals surface area (Å²) in [4.78, 5) is 14.4. The van der Waals surface area contributed by atoms with Gasteiger partial charge in [0, 0.05) is 19.1 Å². The van der Waals surface area contributed by atoms with Gasteiger partial charge in [0.1, 0.15) is 12.1 Å². The number of carbonyl (C=O) groups is 1. The molecule has 1 fully saturated rings. The number of nitrogens with one attached hydrogen (secondary N) is 2. The van der Waals surface area contributed by atoms with E-state index >= 15 is 0 Å². The number of rotatable bonds is 6. The fraction of sp³-hybridized carbons (Fsp3) is 0.333. The monoisotopic (exact) mass is 415 g/mol. The molecule has 152 valence electrons. The zero-order valence-electron chi connectivity index (χ0n) is 15.8. The van der Waals surface area contributed by atoms with Gasteiger partial charge in [-0.2, -0.15) is 4.52 Å². The molecular weight excluding hydrogens is 394 g/mol. The van der Waals surface area contributed by atoms with E-state index in [4.69, 9.17) is 0 Å². The first kappa shape index (κ1) is 19.3. The van der Waals surface area contributed by atoms with Crippen molar-refractivity contribution in [2.24, 2.45) is 0 Å². The standard InChI is InChI=1S/C18H21N7O3S/c1-13-3-2-4-15(9-13)29(27,28)20-10-18(26)21-14-7-8-24(11-14)17-6-5-16-22-19-12-25(16)23-17/h2-6,9,12,14,20H,7-8,10-11H2,1H3,(H,21,26)/t14-/m1/s1. The fourth-order valence-corrected chi connectivity index (χ4v) is 4.36. The summed E-state index contributed by atoms with van der Waals surface area (Å²) in [6.45, 7) is 2.84. The third-order valence-corrected chi connectivity index (χ3v) is 6.15. The predicted molar refractivity (Wildman–Crippen MR) is 106 cm³/mol. The lowest BCUT2D eigenvalue weighted by Gasteiger charge is -2.18. The van der Waals surface area contributed by atoms with E-state index in [1.807, 2.05) is 25.1 Å². The number of fused-ring (bicyclic) bond motifs is 1. The molecule has 29 heavy (non-hydrogen) atoms. The highest BCUT2D eigenvalue weighted by molar-refractivity contribution is 7.89. The lowest BCUT2D eigenvalue weighted by atomic mass is 10.2. The molecule has 1 aliphatic heterocycles. The summed E-state index contributed by atoms with van der Waals surface area (Å²) in [7, 11) is -3.73. The van der Waals surface area contributed by atoms with Crippen LogP contribution in [-0.4, -0.2) is 59.8 Å². The Morgan fingerprint density at radius 1 is 1.28 bits per heavy atom. The van der Waals surface area contributed by atoms with E-state index in [0.717, 1.165) is 24.3 Å². The number of benzene rings is 1. The number of sulfonamides is 1. The maximum absolute atomic E-state index is 12.3. The van der Waals surface area contributed by atoms with Gasteiger partial charge in [0.15, 0.2) is 5.65 Å². The minimum Gasteiger partial charge on any atom is -0.353 e. The Labute approximate surface area is 168 Å². The molecule has 0 bridgehead atoms. The zero-order valence-corrected chi connectivity index (χ0v) is 16.6. The third kappa shape index (κ3) is 4.35. The van der Waals surface area contributed by atoms with Crippen molar-refractivity contribution in [3.8, 4) is 0 Å². The summed E-state index contributed by atoms with van der Waals surface area (Å²) in [5, 5.41) is 15.1. The van der Waals surface area contributed by atoms with Gasteiger partial charge in [0.05, 0.1) is 11.4 Å². The van der Waals surface area contributed by atoms with E-state index in [-0.39, 0.29) is 23.4 Å². The highest BCUT2D eigenvalue weighted by Crippen LogP contribution is 2.18. The summed E-state index contributed by atoms with van der Waals surface area (Å²) in [5.74, 6) is 0.407. The van der Waals surface area contributed by atoms with Crippen molar-refractivity contribution in [3.05, 3.63) is 48.3 Å². The van der Waals surface area contributed by atoms with Crippen molar-refractivity contribution < 1.29 is 13.2 Å². The second-order valence-corrected chi connectivity index (χ2v) is 8.73. The van der Waals surface area contributed by atoms with Crippen LogP contribution in [0.25, 0.3) is 5.65 Å². The molecule has 3 heterocycles. The Morgan fingerprint density at radius 2 is 2.14 bits per heavy atom. The summed E-state index contributed by atoms with van der Waals surface area (Å²) in [6.07, 6.45) is 2.28. The molecule has 2 N–H and O–H groups in total. The van der Waals surface area contributed by atoms with Crippen LogP contribution in [-0.2, 0) is 14.8 Å². The van der Waals surface area contributed by atoms with E-state index in [1.165, 1.54) is 12.4 Å². The molecule has 1 aliphatic rings. The highest BCUT2D eigenvalue weighted by atomic mass is 32.2. The van der Waals surface area contributed by atoms with Crippen LogP contribution in [0, 0.1) is 6.92 Å². The van der Waals surface area contributed by atoms with Crippen LogP contribution >= 0.6 is 0 Å². The van der Waals surface area contributed by atoms with Crippen LogP contribution < -0.4 is 14.9 Å². The Balaban J connectivity index is 1.31. The molecular formula is C18H21N7O3S. The second-order valence-electron chi connectivity index (χ2n) is 6.97. The van der Waals surface area contributed by atoms with Gasteiger partial charge in [0.25, 0.3) is 0 Å². The molecule has 0 spiro atoms. The number of hydrogen-bond donors (Lipinski definition) is 2. The first-order valence-corrected chi connectivity index (χ1v) is 10.7. The van der Waals surface area contributed by atoms with E-state index < -0.39 is 10.0 Å². The van der Waals surface area contributed by atoms with Crippen LogP contribution in [0.2, 0.25) is 0 Å². The molecule has 11 heteroatoms. The number of aromatic nitrogens is 4. The van der Waals surface area contributed by atoms with E-state index in [2.05, 4.69) is 30.2 Å². The Morgan fingerprint density at radius 3 is 2.97 bits per heavy atom. The molecule has 2 aromatic heterocycles. The Kier molecular flexibility index (Phi) is 5.16. The normalized spacial score (nSPS) is 17.0. The average molecular weight is 415 g/mol. The highest BCUT2D eigenvalue weighted by Gasteiger charge is 2.25. The van der Waals surface area contributed by atoms with Gasteiger partial charge in [-0.15, -0.1) is 15.3 Å². The van der Waals surface area contributed by atoms with Gasteiger partial charge < -0.3 is 10.2 Å². The molecule has 1 aromatic carbocycles. The van der Waals surface area contributed by atoms with Crippen molar-refractivity contribution in [1.29, 1.82) is 0 Å². The van der Waals surface area contributed by atoms with Crippen molar-refractivity contribution in [2.45, 2.75) is 24.3 Å². The summed E-state index contributed by atoms with van der Waals surface area (Å²) < 4.78 is 28.6. The van der Waals surface area contributed by atoms with E-state index in [9.17, 15) is 13.2 Å². The van der Waals surface area contributed by atoms with Gasteiger partial charge in [0.2, 0.25) is 15.9 Å². The van der Waals surface area contributed by atoms with Gasteiger partial charge in [-0.3, -0.25) is 4.79 Å². The maximum Gasteiger partial charge on any atom is 0.241 e. The van der Waals surface area contributed by atoms with Crippen LogP contribution in [0.5, 0.6) is 0 Å². The van der Waals surface area contributed by atoms with Crippen molar-refractivity contribution >= 4 is 27.4 Å². The van der Waals surface area contributed by atoms with E-state index in [0.29, 0.717) is 12.2 Å². The predicted octanol–water partition coefficient (Wildman–Crippen LogP) is 0.106. The number of nitrogens with zero attached hydrogens (tertiary/aromatic N) is 5. The summed E-state index contributed by atoms with van der Waals surface area (Å²) in [6, 6.07) is 10.2. The zero-order chi connectivity index (χ0) is 20.4. The van der Waals surface area contributed by atoms with Gasteiger partial charge in [-0.25, -0.2) is 13.1 Å². The fourth-order valence-electron chi connectivity index (χ4n) is 3.28. The Bertz CT molecular complexity index is 1150. The van der Waals surface area contributed by atoms with E-state index in [1.54, 1.807) is 16.6 Å². The average Bonchev–Trinajstić information content (AvgIpc) is 3.35. The van der Waals surface area contributed by atoms with Crippen molar-refractivity contribution in [3.63, 3.8) is 0 Å². The minimum atomic E-state index is -3.73. The topological polar surface area (TPSA) is 122 Å². The van der Waals surface area contributed by atoms with Crippen LogP contribution in [0.15, 0.2) is 47.6 Å². The number of aryl methyl sites for hydroxylation is 1. The molecule has 1 saturated heterocycles. The summed E-state index contributed by atoms with van der Waals surface area (Å²) >= 11 is 0. The van der Waals surface area contributed by atoms with Crippen LogP contribution in [0.1, 0.15) is 12.0 Å². The molecule has 0 unspecified atom stereocenters. The number of hydrogen-bond acceptors (Lipinski definition) is 7. The first-order valence-electron chi connectivity index (χ1n) is 9.18. The van der Waals surface area contributed by atoms with Gasteiger partial charge in [-0.1, -0.05) is 12.1 Å². The van der Waals surface area contributed by atoms with Gasteiger partial charge >= 0.3 is 0 Å². The number of anilines is 1. The molecule has 0 saturated carbocycles. The smallest absolute Gasteiger partial charge is 0.241 e. The Hall–Kier alpha value is -3.05. The van der Waals surface area contributed by atoms with Crippen LogP contribution in [0.4, 0.5) is 5.82 Å². The second kappa shape index (κ2) is 7.76. The minimum absolute atomic E-state index is 0.0793. The third-order valence-electron chi connectivity index (χ3n) is 4.75. The molecule has 1 atom stereocenters. The summed E-state index contributed by atoms with van der Waals surface area (Å²) in [5.41, 5.74) is 1.50. The molecule has 0 aliphatic carbocycles. The van der Waals surface area contributed by atoms with Crippen molar-refractivity contribution in [2.75, 3.05) is 24.5 Å². The number of carbonyl (C=O) groups excluding carboxylic acids is 1. The molecule has 4 rings (SSSR count). The van der Waals surface area contributed by atoms with Crippen LogP contribution in [0.3, 0.4) is 0 Å². The maximum atomic E-state index is 12.3. The molecule has 1 amide bonds. The quantitative estimate of drug-likeness (QED) is 0.586. The molecule has 10 nitrogen and oxygen atoms in total. The lowest BCUT2D eigenvalue weighted by molar-refractivity contribution is -0.120. The number of amides is 1. The molecule has 0 radical (unpaired) electrons. The SMILES string of the molecule is Cc1cccc(S(=O)(=O)NCC(=O)N[C@@H]2CCN(c3ccc4nncn4n3)C2)c1. The molecule has 3 aromatic rings. The lowest BCUT2D eigenvalue weighted by Crippen LogP contribution is -2.43. The largest absolute Gasteiger partial charge is 0.353 e. The first-order chi connectivity index (χ1) is 13.9. The van der Waals surface area contributed by atoms with Crippen molar-refractivity contribution in [1.82, 2.24) is 29.9 Å².